The zero-order chi connectivity index (χ0) is 10.9. The average Bonchev–Trinajstić information content (AvgIpc) is 2.47. The van der Waals surface area contributed by atoms with Crippen molar-refractivity contribution >= 4 is 0 Å². The number of nitrogens with zero attached hydrogens (tertiary/aromatic N) is 1. The number of nitrogens with one attached hydrogen (secondary N) is 1. The van der Waals surface area contributed by atoms with Crippen LogP contribution in [-0.4, -0.2) is 50.3 Å². The minimum Gasteiger partial charge on any atom is -0.380 e. The summed E-state index contributed by atoms with van der Waals surface area (Å²) in [5.41, 5.74) is 0. The average molecular weight is 214 g/mol. The van der Waals surface area contributed by atoms with Gasteiger partial charge < -0.3 is 15.0 Å². The first-order valence-electron chi connectivity index (χ1n) is 6.36. The number of ether oxygens (including phenoxy) is 1. The molecule has 0 spiro atoms. The van der Waals surface area contributed by atoms with Gasteiger partial charge in [0.1, 0.15) is 0 Å². The minimum atomic E-state index is 0.665. The molecule has 0 aliphatic carbocycles. The standard InChI is InChI=1S/C12H26N2O/c1-3-13-12(2)6-4-7-14-8-5-10-15-11-9-14/h12-13H,3-11H2,1-2H3. The van der Waals surface area contributed by atoms with Crippen LogP contribution in [0.15, 0.2) is 0 Å². The molecule has 1 rings (SSSR count). The van der Waals surface area contributed by atoms with Crippen LogP contribution < -0.4 is 5.32 Å². The van der Waals surface area contributed by atoms with E-state index in [9.17, 15) is 0 Å². The molecule has 1 fully saturated rings. The van der Waals surface area contributed by atoms with Crippen LogP contribution in [0.4, 0.5) is 0 Å². The normalized spacial score (nSPS) is 21.2. The predicted molar refractivity (Wildman–Crippen MR) is 64.2 cm³/mol. The topological polar surface area (TPSA) is 24.5 Å². The molecule has 0 aromatic heterocycles. The van der Waals surface area contributed by atoms with E-state index in [-0.39, 0.29) is 0 Å². The summed E-state index contributed by atoms with van der Waals surface area (Å²) in [5.74, 6) is 0. The van der Waals surface area contributed by atoms with Crippen molar-refractivity contribution in [2.45, 2.75) is 39.2 Å². The van der Waals surface area contributed by atoms with Crippen molar-refractivity contribution in [1.82, 2.24) is 10.2 Å². The molecule has 0 aromatic rings. The molecule has 1 unspecified atom stereocenters. The first kappa shape index (κ1) is 12.9. The highest BCUT2D eigenvalue weighted by atomic mass is 16.5. The van der Waals surface area contributed by atoms with Gasteiger partial charge in [-0.2, -0.15) is 0 Å². The largest absolute Gasteiger partial charge is 0.380 e. The van der Waals surface area contributed by atoms with E-state index in [0.29, 0.717) is 6.04 Å². The summed E-state index contributed by atoms with van der Waals surface area (Å²) >= 11 is 0. The first-order valence-corrected chi connectivity index (χ1v) is 6.36. The Hall–Kier alpha value is -0.120. The van der Waals surface area contributed by atoms with Gasteiger partial charge in [-0.1, -0.05) is 6.92 Å². The van der Waals surface area contributed by atoms with Gasteiger partial charge in [-0.3, -0.25) is 0 Å². The zero-order valence-corrected chi connectivity index (χ0v) is 10.3. The fraction of sp³-hybridized carbons (Fsp3) is 1.00. The van der Waals surface area contributed by atoms with E-state index in [1.54, 1.807) is 0 Å². The van der Waals surface area contributed by atoms with Gasteiger partial charge in [-0.25, -0.2) is 0 Å². The van der Waals surface area contributed by atoms with Gasteiger partial charge in [0.2, 0.25) is 0 Å². The minimum absolute atomic E-state index is 0.665. The molecule has 0 aromatic carbocycles. The third-order valence-electron chi connectivity index (χ3n) is 2.98. The maximum Gasteiger partial charge on any atom is 0.0593 e. The Morgan fingerprint density at radius 2 is 2.20 bits per heavy atom. The van der Waals surface area contributed by atoms with Crippen LogP contribution in [0.25, 0.3) is 0 Å². The van der Waals surface area contributed by atoms with E-state index in [2.05, 4.69) is 24.1 Å². The summed E-state index contributed by atoms with van der Waals surface area (Å²) in [6.45, 7) is 11.0. The smallest absolute Gasteiger partial charge is 0.0593 e. The molecule has 1 heterocycles. The lowest BCUT2D eigenvalue weighted by Gasteiger charge is -2.20. The highest BCUT2D eigenvalue weighted by molar-refractivity contribution is 4.64. The van der Waals surface area contributed by atoms with Gasteiger partial charge in [-0.05, 0) is 39.3 Å². The molecular weight excluding hydrogens is 188 g/mol. The van der Waals surface area contributed by atoms with Crippen molar-refractivity contribution in [3.05, 3.63) is 0 Å². The number of rotatable bonds is 6. The van der Waals surface area contributed by atoms with Gasteiger partial charge in [0.25, 0.3) is 0 Å². The molecule has 0 amide bonds. The lowest BCUT2D eigenvalue weighted by atomic mass is 10.1. The molecule has 3 heteroatoms. The van der Waals surface area contributed by atoms with Gasteiger partial charge in [0, 0.05) is 25.7 Å². The van der Waals surface area contributed by atoms with Crippen molar-refractivity contribution in [1.29, 1.82) is 0 Å². The molecular formula is C12H26N2O. The summed E-state index contributed by atoms with van der Waals surface area (Å²) < 4.78 is 5.44. The second-order valence-electron chi connectivity index (χ2n) is 4.41. The highest BCUT2D eigenvalue weighted by Gasteiger charge is 2.08. The van der Waals surface area contributed by atoms with Crippen molar-refractivity contribution in [3.8, 4) is 0 Å². The van der Waals surface area contributed by atoms with Crippen molar-refractivity contribution in [2.75, 3.05) is 39.4 Å². The Balaban J connectivity index is 2.02. The summed E-state index contributed by atoms with van der Waals surface area (Å²) in [6, 6.07) is 0.665. The van der Waals surface area contributed by atoms with Crippen molar-refractivity contribution in [3.63, 3.8) is 0 Å². The molecule has 3 nitrogen and oxygen atoms in total. The van der Waals surface area contributed by atoms with E-state index in [4.69, 9.17) is 4.74 Å². The van der Waals surface area contributed by atoms with Gasteiger partial charge in [0.15, 0.2) is 0 Å². The number of hydrogen-bond acceptors (Lipinski definition) is 3. The lowest BCUT2D eigenvalue weighted by Crippen LogP contribution is -2.30. The van der Waals surface area contributed by atoms with Crippen LogP contribution in [-0.2, 0) is 4.74 Å². The molecule has 0 saturated carbocycles. The van der Waals surface area contributed by atoms with Gasteiger partial charge in [0.05, 0.1) is 6.61 Å². The van der Waals surface area contributed by atoms with E-state index >= 15 is 0 Å². The predicted octanol–water partition coefficient (Wildman–Crippen LogP) is 1.49. The van der Waals surface area contributed by atoms with E-state index < -0.39 is 0 Å². The SMILES string of the molecule is CCNC(C)CCCN1CCCOCC1. The monoisotopic (exact) mass is 214 g/mol. The fourth-order valence-electron chi connectivity index (χ4n) is 2.09. The van der Waals surface area contributed by atoms with Crippen LogP contribution in [0, 0.1) is 0 Å². The number of hydrogen-bond donors (Lipinski definition) is 1. The van der Waals surface area contributed by atoms with E-state index in [1.165, 1.54) is 32.4 Å². The Kier molecular flexibility index (Phi) is 6.98. The first-order chi connectivity index (χ1) is 7.33. The summed E-state index contributed by atoms with van der Waals surface area (Å²) in [4.78, 5) is 2.53. The summed E-state index contributed by atoms with van der Waals surface area (Å²) in [6.07, 6.45) is 3.78. The van der Waals surface area contributed by atoms with Crippen LogP contribution >= 0.6 is 0 Å². The highest BCUT2D eigenvalue weighted by Crippen LogP contribution is 2.03. The van der Waals surface area contributed by atoms with Gasteiger partial charge in [-0.15, -0.1) is 0 Å². The summed E-state index contributed by atoms with van der Waals surface area (Å²) in [7, 11) is 0. The molecule has 90 valence electrons. The second kappa shape index (κ2) is 8.08. The van der Waals surface area contributed by atoms with Crippen molar-refractivity contribution < 1.29 is 4.74 Å². The molecule has 1 atom stereocenters. The zero-order valence-electron chi connectivity index (χ0n) is 10.3. The summed E-state index contributed by atoms with van der Waals surface area (Å²) in [5, 5.41) is 3.45. The van der Waals surface area contributed by atoms with Crippen LogP contribution in [0.2, 0.25) is 0 Å². The molecule has 15 heavy (non-hydrogen) atoms. The van der Waals surface area contributed by atoms with Crippen molar-refractivity contribution in [2.24, 2.45) is 0 Å². The quantitative estimate of drug-likeness (QED) is 0.725. The molecule has 0 bridgehead atoms. The molecule has 1 aliphatic rings. The second-order valence-corrected chi connectivity index (χ2v) is 4.41. The Labute approximate surface area is 94.2 Å². The van der Waals surface area contributed by atoms with E-state index in [0.717, 1.165) is 26.3 Å². The van der Waals surface area contributed by atoms with Crippen LogP contribution in [0.3, 0.4) is 0 Å². The lowest BCUT2D eigenvalue weighted by molar-refractivity contribution is 0.141. The molecule has 1 saturated heterocycles. The fourth-order valence-corrected chi connectivity index (χ4v) is 2.09. The van der Waals surface area contributed by atoms with Crippen LogP contribution in [0.5, 0.6) is 0 Å². The van der Waals surface area contributed by atoms with Crippen LogP contribution in [0.1, 0.15) is 33.1 Å². The van der Waals surface area contributed by atoms with Gasteiger partial charge >= 0.3 is 0 Å². The Morgan fingerprint density at radius 1 is 1.33 bits per heavy atom. The Bertz CT molecular complexity index is 145. The third kappa shape index (κ3) is 6.13. The maximum absolute atomic E-state index is 5.44. The van der Waals surface area contributed by atoms with E-state index in [1.807, 2.05) is 0 Å². The Morgan fingerprint density at radius 3 is 3.00 bits per heavy atom. The third-order valence-corrected chi connectivity index (χ3v) is 2.98. The molecule has 1 aliphatic heterocycles. The molecule has 0 radical (unpaired) electrons. The molecule has 1 N–H and O–H groups in total. The maximum atomic E-state index is 5.44.